The van der Waals surface area contributed by atoms with Crippen LogP contribution in [0, 0.1) is 6.92 Å². The van der Waals surface area contributed by atoms with Crippen LogP contribution in [0.3, 0.4) is 0 Å². The van der Waals surface area contributed by atoms with Crippen molar-refractivity contribution in [1.29, 1.82) is 0 Å². The summed E-state index contributed by atoms with van der Waals surface area (Å²) in [6.45, 7) is 7.95. The summed E-state index contributed by atoms with van der Waals surface area (Å²) in [7, 11) is 0. The highest BCUT2D eigenvalue weighted by atomic mass is 16.4. The third-order valence-corrected chi connectivity index (χ3v) is 2.31. The van der Waals surface area contributed by atoms with Gasteiger partial charge in [0, 0.05) is 11.6 Å². The first-order chi connectivity index (χ1) is 7.54. The van der Waals surface area contributed by atoms with Gasteiger partial charge in [-0.15, -0.1) is 6.58 Å². The summed E-state index contributed by atoms with van der Waals surface area (Å²) in [5, 5.41) is 12.0. The van der Waals surface area contributed by atoms with E-state index in [1.165, 1.54) is 0 Å². The van der Waals surface area contributed by atoms with Gasteiger partial charge in [0.25, 0.3) is 0 Å². The molecule has 0 saturated carbocycles. The van der Waals surface area contributed by atoms with Crippen LogP contribution >= 0.6 is 0 Å². The zero-order chi connectivity index (χ0) is 12.1. The van der Waals surface area contributed by atoms with Crippen LogP contribution in [0.1, 0.15) is 35.2 Å². The zero-order valence-electron chi connectivity index (χ0n) is 9.62. The first-order valence-electron chi connectivity index (χ1n) is 5.21. The van der Waals surface area contributed by atoms with Gasteiger partial charge in [0.15, 0.2) is 0 Å². The maximum atomic E-state index is 10.7. The minimum absolute atomic E-state index is 0.0215. The molecule has 16 heavy (non-hydrogen) atoms. The molecule has 1 heterocycles. The molecule has 0 aliphatic carbocycles. The molecular formula is C12H17NO3. The third kappa shape index (κ3) is 3.24. The first kappa shape index (κ1) is 12.5. The van der Waals surface area contributed by atoms with Gasteiger partial charge >= 0.3 is 5.97 Å². The van der Waals surface area contributed by atoms with E-state index < -0.39 is 5.97 Å². The molecule has 0 radical (unpaired) electrons. The zero-order valence-corrected chi connectivity index (χ0v) is 9.62. The second kappa shape index (κ2) is 5.51. The molecule has 4 nitrogen and oxygen atoms in total. The molecular weight excluding hydrogens is 206 g/mol. The average molecular weight is 223 g/mol. The quantitative estimate of drug-likeness (QED) is 0.726. The summed E-state index contributed by atoms with van der Waals surface area (Å²) in [6.07, 6.45) is 2.71. The van der Waals surface area contributed by atoms with Gasteiger partial charge in [-0.1, -0.05) is 6.08 Å². The maximum absolute atomic E-state index is 10.7. The van der Waals surface area contributed by atoms with Gasteiger partial charge in [-0.2, -0.15) is 0 Å². The Morgan fingerprint density at radius 2 is 2.44 bits per heavy atom. The standard InChI is InChI=1S/C12H17NO3/c1-4-5-9(3)13-7-10-6-8(2)11(16-10)12(14)15/h4,6,9,13H,1,5,7H2,2-3H3,(H,14,15). The fraction of sp³-hybridized carbons (Fsp3) is 0.417. The highest BCUT2D eigenvalue weighted by Crippen LogP contribution is 2.14. The van der Waals surface area contributed by atoms with Crippen molar-refractivity contribution in [1.82, 2.24) is 5.32 Å². The number of hydrogen-bond acceptors (Lipinski definition) is 3. The summed E-state index contributed by atoms with van der Waals surface area (Å²) in [6, 6.07) is 2.05. The van der Waals surface area contributed by atoms with E-state index in [1.807, 2.05) is 13.0 Å². The Kier molecular flexibility index (Phi) is 4.31. The molecule has 1 aromatic heterocycles. The minimum Gasteiger partial charge on any atom is -0.475 e. The molecule has 0 bridgehead atoms. The lowest BCUT2D eigenvalue weighted by molar-refractivity contribution is 0.0659. The van der Waals surface area contributed by atoms with Crippen molar-refractivity contribution < 1.29 is 14.3 Å². The molecule has 0 fully saturated rings. The molecule has 0 spiro atoms. The van der Waals surface area contributed by atoms with Crippen LogP contribution in [0.4, 0.5) is 0 Å². The summed E-state index contributed by atoms with van der Waals surface area (Å²) in [5.41, 5.74) is 0.653. The number of hydrogen-bond donors (Lipinski definition) is 2. The van der Waals surface area contributed by atoms with Gasteiger partial charge in [-0.05, 0) is 26.3 Å². The molecule has 4 heteroatoms. The van der Waals surface area contributed by atoms with E-state index in [0.29, 0.717) is 23.9 Å². The molecule has 1 atom stereocenters. The first-order valence-corrected chi connectivity index (χ1v) is 5.21. The number of aryl methyl sites for hydroxylation is 1. The lowest BCUT2D eigenvalue weighted by atomic mass is 10.2. The number of carboxylic acid groups (broad SMARTS) is 1. The number of rotatable bonds is 6. The third-order valence-electron chi connectivity index (χ3n) is 2.31. The monoisotopic (exact) mass is 223 g/mol. The fourth-order valence-corrected chi connectivity index (χ4v) is 1.46. The highest BCUT2D eigenvalue weighted by Gasteiger charge is 2.14. The van der Waals surface area contributed by atoms with Crippen LogP contribution < -0.4 is 5.32 Å². The van der Waals surface area contributed by atoms with E-state index in [2.05, 4.69) is 11.9 Å². The number of nitrogens with one attached hydrogen (secondary N) is 1. The van der Waals surface area contributed by atoms with E-state index in [0.717, 1.165) is 6.42 Å². The Hall–Kier alpha value is -1.55. The van der Waals surface area contributed by atoms with Crippen LogP contribution in [0.5, 0.6) is 0 Å². The Morgan fingerprint density at radius 3 is 2.94 bits per heavy atom. The van der Waals surface area contributed by atoms with Crippen molar-refractivity contribution in [2.75, 3.05) is 0 Å². The van der Waals surface area contributed by atoms with Gasteiger partial charge in [0.05, 0.1) is 6.54 Å². The van der Waals surface area contributed by atoms with Crippen molar-refractivity contribution in [3.63, 3.8) is 0 Å². The minimum atomic E-state index is -1.03. The fourth-order valence-electron chi connectivity index (χ4n) is 1.46. The van der Waals surface area contributed by atoms with Crippen molar-refractivity contribution in [2.45, 2.75) is 32.9 Å². The maximum Gasteiger partial charge on any atom is 0.372 e. The normalized spacial score (nSPS) is 12.4. The van der Waals surface area contributed by atoms with Crippen molar-refractivity contribution in [3.05, 3.63) is 35.8 Å². The molecule has 88 valence electrons. The molecule has 1 unspecified atom stereocenters. The molecule has 0 aromatic carbocycles. The molecule has 0 aliphatic heterocycles. The SMILES string of the molecule is C=CCC(C)NCc1cc(C)c(C(=O)O)o1. The number of carbonyl (C=O) groups is 1. The number of aromatic carboxylic acids is 1. The van der Waals surface area contributed by atoms with Gasteiger partial charge in [-0.25, -0.2) is 4.79 Å². The molecule has 1 aromatic rings. The van der Waals surface area contributed by atoms with E-state index >= 15 is 0 Å². The van der Waals surface area contributed by atoms with Crippen LogP contribution in [-0.4, -0.2) is 17.1 Å². The smallest absolute Gasteiger partial charge is 0.372 e. The second-order valence-corrected chi connectivity index (χ2v) is 3.84. The summed E-state index contributed by atoms with van der Waals surface area (Å²) in [5.74, 6) is -0.359. The van der Waals surface area contributed by atoms with E-state index in [-0.39, 0.29) is 5.76 Å². The van der Waals surface area contributed by atoms with Crippen LogP contribution in [0.25, 0.3) is 0 Å². The highest BCUT2D eigenvalue weighted by molar-refractivity contribution is 5.86. The van der Waals surface area contributed by atoms with Crippen molar-refractivity contribution in [3.8, 4) is 0 Å². The number of carboxylic acids is 1. The largest absolute Gasteiger partial charge is 0.475 e. The van der Waals surface area contributed by atoms with Crippen molar-refractivity contribution >= 4 is 5.97 Å². The average Bonchev–Trinajstić information content (AvgIpc) is 2.57. The molecule has 0 amide bonds. The van der Waals surface area contributed by atoms with Crippen LogP contribution in [-0.2, 0) is 6.54 Å². The summed E-state index contributed by atoms with van der Waals surface area (Å²) >= 11 is 0. The number of furan rings is 1. The topological polar surface area (TPSA) is 62.5 Å². The molecule has 2 N–H and O–H groups in total. The Balaban J connectivity index is 2.58. The molecule has 0 saturated heterocycles. The Morgan fingerprint density at radius 1 is 1.75 bits per heavy atom. The van der Waals surface area contributed by atoms with Crippen molar-refractivity contribution in [2.24, 2.45) is 0 Å². The van der Waals surface area contributed by atoms with Crippen LogP contribution in [0.15, 0.2) is 23.1 Å². The van der Waals surface area contributed by atoms with E-state index in [9.17, 15) is 4.79 Å². The van der Waals surface area contributed by atoms with Gasteiger partial charge in [-0.3, -0.25) is 0 Å². The Labute approximate surface area is 95.0 Å². The van der Waals surface area contributed by atoms with Gasteiger partial charge in [0.2, 0.25) is 5.76 Å². The molecule has 0 aliphatic rings. The van der Waals surface area contributed by atoms with E-state index in [1.54, 1.807) is 13.0 Å². The summed E-state index contributed by atoms with van der Waals surface area (Å²) < 4.78 is 5.22. The van der Waals surface area contributed by atoms with Crippen LogP contribution in [0.2, 0.25) is 0 Å². The van der Waals surface area contributed by atoms with Gasteiger partial charge in [0.1, 0.15) is 5.76 Å². The predicted molar refractivity (Wildman–Crippen MR) is 61.5 cm³/mol. The lowest BCUT2D eigenvalue weighted by Gasteiger charge is -2.09. The predicted octanol–water partition coefficient (Wildman–Crippen LogP) is 2.34. The van der Waals surface area contributed by atoms with E-state index in [4.69, 9.17) is 9.52 Å². The summed E-state index contributed by atoms with van der Waals surface area (Å²) in [4.78, 5) is 10.7. The van der Waals surface area contributed by atoms with Gasteiger partial charge < -0.3 is 14.8 Å². The lowest BCUT2D eigenvalue weighted by Crippen LogP contribution is -2.24. The second-order valence-electron chi connectivity index (χ2n) is 3.84. The molecule has 1 rings (SSSR count). The Bertz CT molecular complexity index is 382.